The third kappa shape index (κ3) is 3.61. The molecule has 162 valence electrons. The van der Waals surface area contributed by atoms with Crippen LogP contribution in [-0.4, -0.2) is 43.5 Å². The number of pyridine rings is 1. The first-order chi connectivity index (χ1) is 15.3. The minimum atomic E-state index is -0.147. The van der Waals surface area contributed by atoms with Gasteiger partial charge in [-0.05, 0) is 31.2 Å². The molecule has 9 heteroatoms. The molecule has 0 aromatic carbocycles. The summed E-state index contributed by atoms with van der Waals surface area (Å²) in [6, 6.07) is 9.87. The zero-order valence-electron chi connectivity index (χ0n) is 18.4. The van der Waals surface area contributed by atoms with Gasteiger partial charge >= 0.3 is 0 Å². The Morgan fingerprint density at radius 3 is 2.66 bits per heavy atom. The fraction of sp³-hybridized carbons (Fsp3) is 0.348. The first-order valence-corrected chi connectivity index (χ1v) is 11.2. The molecule has 32 heavy (non-hydrogen) atoms. The number of anilines is 1. The van der Waals surface area contributed by atoms with Crippen molar-refractivity contribution >= 4 is 22.5 Å². The highest BCUT2D eigenvalue weighted by atomic mass is 32.1. The van der Waals surface area contributed by atoms with Gasteiger partial charge in [-0.15, -0.1) is 10.2 Å². The second kappa shape index (κ2) is 7.36. The molecule has 1 N–H and O–H groups in total. The van der Waals surface area contributed by atoms with Gasteiger partial charge in [0.1, 0.15) is 11.1 Å². The first-order valence-electron chi connectivity index (χ1n) is 10.3. The second-order valence-corrected chi connectivity index (χ2v) is 10.3. The Hall–Kier alpha value is -3.35. The number of hydrogen-bond donors (Lipinski definition) is 1. The molecular weight excluding hydrogens is 422 g/mol. The summed E-state index contributed by atoms with van der Waals surface area (Å²) in [5.41, 5.74) is 4.63. The molecule has 5 rings (SSSR count). The van der Waals surface area contributed by atoms with Crippen LogP contribution in [0.2, 0.25) is 0 Å². The van der Waals surface area contributed by atoms with E-state index in [-0.39, 0.29) is 11.0 Å². The summed E-state index contributed by atoms with van der Waals surface area (Å²) in [5, 5.41) is 27.9. The van der Waals surface area contributed by atoms with Crippen LogP contribution in [0, 0.1) is 11.3 Å². The van der Waals surface area contributed by atoms with E-state index in [9.17, 15) is 0 Å². The maximum atomic E-state index is 9.14. The summed E-state index contributed by atoms with van der Waals surface area (Å²) >= 11 is 1.59. The summed E-state index contributed by atoms with van der Waals surface area (Å²) < 4.78 is 7.24. The molecule has 4 aromatic rings. The van der Waals surface area contributed by atoms with Crippen LogP contribution in [0.25, 0.3) is 27.5 Å². The molecule has 8 nitrogen and oxygen atoms in total. The molecule has 1 saturated heterocycles. The summed E-state index contributed by atoms with van der Waals surface area (Å²) in [5.74, 6) is 0. The van der Waals surface area contributed by atoms with Crippen LogP contribution in [0.1, 0.15) is 38.3 Å². The molecular formula is C23H23N7OS. The van der Waals surface area contributed by atoms with E-state index in [0.29, 0.717) is 18.8 Å². The van der Waals surface area contributed by atoms with Crippen LogP contribution in [0.5, 0.6) is 0 Å². The highest BCUT2D eigenvalue weighted by molar-refractivity contribution is 7.14. The van der Waals surface area contributed by atoms with Crippen LogP contribution in [0.15, 0.2) is 36.7 Å². The van der Waals surface area contributed by atoms with E-state index in [4.69, 9.17) is 15.0 Å². The van der Waals surface area contributed by atoms with Crippen LogP contribution in [0.3, 0.4) is 0 Å². The Kier molecular flexibility index (Phi) is 4.73. The molecule has 0 unspecified atom stereocenters. The fourth-order valence-electron chi connectivity index (χ4n) is 3.56. The molecule has 1 aliphatic heterocycles. The molecule has 5 heterocycles. The number of hydrogen-bond acceptors (Lipinski definition) is 8. The van der Waals surface area contributed by atoms with Crippen molar-refractivity contribution in [2.75, 3.05) is 18.5 Å². The van der Waals surface area contributed by atoms with E-state index in [1.807, 2.05) is 30.5 Å². The van der Waals surface area contributed by atoms with Gasteiger partial charge in [0.15, 0.2) is 5.01 Å². The largest absolute Gasteiger partial charge is 0.376 e. The number of nitriles is 1. The zero-order chi connectivity index (χ0) is 22.5. The maximum Gasteiger partial charge on any atom is 0.151 e. The Morgan fingerprint density at radius 1 is 1.19 bits per heavy atom. The normalized spacial score (nSPS) is 15.3. The summed E-state index contributed by atoms with van der Waals surface area (Å²) in [6.45, 7) is 9.81. The maximum absolute atomic E-state index is 9.14. The lowest BCUT2D eigenvalue weighted by Gasteiger charge is -2.40. The van der Waals surface area contributed by atoms with Crippen molar-refractivity contribution in [1.82, 2.24) is 24.8 Å². The molecule has 0 amide bonds. The third-order valence-electron chi connectivity index (χ3n) is 5.37. The zero-order valence-corrected chi connectivity index (χ0v) is 19.2. The number of nitrogens with zero attached hydrogens (tertiary/aromatic N) is 6. The lowest BCUT2D eigenvalue weighted by atomic mass is 9.98. The molecule has 1 aliphatic rings. The van der Waals surface area contributed by atoms with Crippen molar-refractivity contribution in [2.24, 2.45) is 0 Å². The molecule has 0 aliphatic carbocycles. The van der Waals surface area contributed by atoms with E-state index in [1.165, 1.54) is 0 Å². The van der Waals surface area contributed by atoms with Gasteiger partial charge in [-0.3, -0.25) is 4.98 Å². The van der Waals surface area contributed by atoms with Gasteiger partial charge in [-0.2, -0.15) is 10.4 Å². The lowest BCUT2D eigenvalue weighted by Crippen LogP contribution is -2.53. The Balaban J connectivity index is 1.60. The van der Waals surface area contributed by atoms with Crippen molar-refractivity contribution in [3.63, 3.8) is 0 Å². The predicted octanol–water partition coefficient (Wildman–Crippen LogP) is 4.28. The summed E-state index contributed by atoms with van der Waals surface area (Å²) in [7, 11) is 0. The molecule has 0 radical (unpaired) electrons. The van der Waals surface area contributed by atoms with Gasteiger partial charge in [0.25, 0.3) is 0 Å². The fourth-order valence-corrected chi connectivity index (χ4v) is 4.49. The first kappa shape index (κ1) is 20.5. The van der Waals surface area contributed by atoms with Crippen molar-refractivity contribution in [3.8, 4) is 28.0 Å². The van der Waals surface area contributed by atoms with Gasteiger partial charge in [-0.25, -0.2) is 4.52 Å². The van der Waals surface area contributed by atoms with Crippen LogP contribution < -0.4 is 5.32 Å². The predicted molar refractivity (Wildman–Crippen MR) is 124 cm³/mol. The van der Waals surface area contributed by atoms with Crippen molar-refractivity contribution < 1.29 is 4.74 Å². The van der Waals surface area contributed by atoms with E-state index in [2.05, 4.69) is 54.4 Å². The number of nitrogens with one attached hydrogen (secondary N) is 1. The van der Waals surface area contributed by atoms with E-state index < -0.39 is 0 Å². The van der Waals surface area contributed by atoms with Gasteiger partial charge < -0.3 is 10.1 Å². The number of fused-ring (bicyclic) bond motifs is 1. The Bertz CT molecular complexity index is 1350. The smallest absolute Gasteiger partial charge is 0.151 e. The van der Waals surface area contributed by atoms with E-state index in [0.717, 1.165) is 38.2 Å². The van der Waals surface area contributed by atoms with Gasteiger partial charge in [0.2, 0.25) is 0 Å². The summed E-state index contributed by atoms with van der Waals surface area (Å²) in [4.78, 5) is 4.74. The Morgan fingerprint density at radius 2 is 2.00 bits per heavy atom. The van der Waals surface area contributed by atoms with Crippen molar-refractivity contribution in [2.45, 2.75) is 38.6 Å². The van der Waals surface area contributed by atoms with Crippen molar-refractivity contribution in [3.05, 3.63) is 47.2 Å². The van der Waals surface area contributed by atoms with Crippen LogP contribution in [-0.2, 0) is 10.2 Å². The number of rotatable bonds is 4. The minimum absolute atomic E-state index is 0.0660. The quantitative estimate of drug-likeness (QED) is 0.500. The molecule has 1 fully saturated rings. The second-order valence-electron chi connectivity index (χ2n) is 9.37. The van der Waals surface area contributed by atoms with Gasteiger partial charge in [-0.1, -0.05) is 32.1 Å². The van der Waals surface area contributed by atoms with Gasteiger partial charge in [0, 0.05) is 17.3 Å². The average Bonchev–Trinajstić information content (AvgIpc) is 3.39. The number of aromatic nitrogens is 5. The standard InChI is InChI=1S/C23H23N7OS/c1-22(2,3)21-29-28-20(32-21)16-11-25-18(8-17(16)27-23(4)12-31-13-23)19-6-5-15-7-14(9-24)10-26-30(15)19/h5-8,10-11H,12-13H2,1-4H3,(H,25,27). The minimum Gasteiger partial charge on any atom is -0.376 e. The topological polar surface area (TPSA) is 101 Å². The SMILES string of the molecule is CC1(Nc2cc(-c3ccc4cc(C#N)cnn34)ncc2-c2nnc(C(C)(C)C)s2)COC1. The molecule has 0 spiro atoms. The monoisotopic (exact) mass is 445 g/mol. The van der Waals surface area contributed by atoms with E-state index >= 15 is 0 Å². The molecule has 0 saturated carbocycles. The molecule has 0 bridgehead atoms. The highest BCUT2D eigenvalue weighted by Crippen LogP contribution is 2.37. The number of ether oxygens (including phenoxy) is 1. The molecule has 0 atom stereocenters. The lowest BCUT2D eigenvalue weighted by molar-refractivity contribution is -0.0318. The Labute approximate surface area is 189 Å². The average molecular weight is 446 g/mol. The van der Waals surface area contributed by atoms with Gasteiger partial charge in [0.05, 0.1) is 53.0 Å². The van der Waals surface area contributed by atoms with Crippen LogP contribution >= 0.6 is 11.3 Å². The summed E-state index contributed by atoms with van der Waals surface area (Å²) in [6.07, 6.45) is 3.41. The van der Waals surface area contributed by atoms with Crippen LogP contribution in [0.4, 0.5) is 5.69 Å². The molecule has 4 aromatic heterocycles. The third-order valence-corrected chi connectivity index (χ3v) is 6.75. The van der Waals surface area contributed by atoms with Crippen molar-refractivity contribution in [1.29, 1.82) is 5.26 Å². The highest BCUT2D eigenvalue weighted by Gasteiger charge is 2.34. The van der Waals surface area contributed by atoms with E-state index in [1.54, 1.807) is 22.0 Å².